The predicted molar refractivity (Wildman–Crippen MR) is 101 cm³/mol. The Balaban J connectivity index is 2.72. The number of carboxylic acids is 1. The van der Waals surface area contributed by atoms with Gasteiger partial charge in [0.25, 0.3) is 0 Å². The van der Waals surface area contributed by atoms with Gasteiger partial charge in [-0.15, -0.1) is 0 Å². The molecule has 0 aliphatic carbocycles. The van der Waals surface area contributed by atoms with E-state index in [2.05, 4.69) is 5.32 Å². The van der Waals surface area contributed by atoms with E-state index in [4.69, 9.17) is 9.52 Å². The van der Waals surface area contributed by atoms with Crippen LogP contribution in [0.25, 0.3) is 0 Å². The number of carbonyl (C=O) groups is 2. The summed E-state index contributed by atoms with van der Waals surface area (Å²) in [6, 6.07) is 3.39. The summed E-state index contributed by atoms with van der Waals surface area (Å²) in [4.78, 5) is 23.0. The zero-order chi connectivity index (χ0) is 22.5. The number of alkyl carbamates (subject to hydrolysis) is 1. The highest BCUT2D eigenvalue weighted by Gasteiger charge is 2.33. The van der Waals surface area contributed by atoms with Crippen molar-refractivity contribution < 1.29 is 36.8 Å². The molecule has 164 valence electrons. The van der Waals surface area contributed by atoms with Crippen LogP contribution in [0.5, 0.6) is 0 Å². The van der Waals surface area contributed by atoms with E-state index in [9.17, 15) is 32.1 Å². The first-order valence-corrected chi connectivity index (χ1v) is 10.6. The van der Waals surface area contributed by atoms with Crippen molar-refractivity contribution >= 4 is 21.8 Å². The van der Waals surface area contributed by atoms with Crippen LogP contribution < -0.4 is 5.32 Å². The number of carbonyl (C=O) groups excluding carboxylic acids is 1. The Morgan fingerprint density at radius 2 is 1.79 bits per heavy atom. The Morgan fingerprint density at radius 1 is 1.21 bits per heavy atom. The minimum Gasteiger partial charge on any atom is -0.480 e. The molecule has 0 unspecified atom stereocenters. The molecule has 0 bridgehead atoms. The van der Waals surface area contributed by atoms with Crippen molar-refractivity contribution in [1.29, 1.82) is 4.78 Å². The average Bonchev–Trinajstić information content (AvgIpc) is 2.54. The topological polar surface area (TPSA) is 117 Å². The monoisotopic (exact) mass is 438 g/mol. The van der Waals surface area contributed by atoms with Crippen LogP contribution in [0.1, 0.15) is 38.3 Å². The van der Waals surface area contributed by atoms with Crippen molar-refractivity contribution in [3.63, 3.8) is 0 Å². The molecule has 0 heterocycles. The molecule has 3 N–H and O–H groups in total. The minimum atomic E-state index is -4.56. The van der Waals surface area contributed by atoms with E-state index in [1.54, 1.807) is 20.8 Å². The molecular weight excluding hydrogens is 413 g/mol. The van der Waals surface area contributed by atoms with Gasteiger partial charge in [0, 0.05) is 21.2 Å². The molecule has 1 aromatic rings. The van der Waals surface area contributed by atoms with Gasteiger partial charge in [-0.3, -0.25) is 4.78 Å². The Morgan fingerprint density at radius 3 is 2.31 bits per heavy atom. The highest BCUT2D eigenvalue weighted by molar-refractivity contribution is 7.92. The average molecular weight is 438 g/mol. The van der Waals surface area contributed by atoms with Crippen LogP contribution in [-0.2, 0) is 31.9 Å². The highest BCUT2D eigenvalue weighted by atomic mass is 32.2. The molecule has 1 aromatic carbocycles. The number of rotatable bonds is 8. The molecular formula is C18H25F3N2O5S. The molecule has 0 saturated carbocycles. The molecule has 1 rings (SSSR count). The molecule has 0 fully saturated rings. The van der Waals surface area contributed by atoms with Crippen molar-refractivity contribution in [3.05, 3.63) is 35.4 Å². The van der Waals surface area contributed by atoms with Crippen LogP contribution in [0.2, 0.25) is 0 Å². The first-order chi connectivity index (χ1) is 13.1. The minimum absolute atomic E-state index is 0.0818. The fourth-order valence-corrected chi connectivity index (χ4v) is 3.78. The van der Waals surface area contributed by atoms with Gasteiger partial charge in [-0.1, -0.05) is 18.2 Å². The SMILES string of the molecule is CC(C)(C)OC(=O)N[C@@H](CC[S@@](=N)(=O)CCc1ccccc1C(F)(F)F)C(=O)O. The second-order valence-corrected chi connectivity index (χ2v) is 9.89. The number of ether oxygens (including phenoxy) is 1. The molecule has 11 heteroatoms. The van der Waals surface area contributed by atoms with Crippen LogP contribution in [0.3, 0.4) is 0 Å². The summed E-state index contributed by atoms with van der Waals surface area (Å²) in [5.41, 5.74) is -1.78. The van der Waals surface area contributed by atoms with Crippen LogP contribution in [-0.4, -0.2) is 44.5 Å². The molecule has 29 heavy (non-hydrogen) atoms. The Kier molecular flexibility index (Phi) is 8.07. The molecule has 0 aliphatic rings. The number of halogens is 3. The lowest BCUT2D eigenvalue weighted by molar-refractivity contribution is -0.139. The van der Waals surface area contributed by atoms with Crippen LogP contribution in [0.4, 0.5) is 18.0 Å². The summed E-state index contributed by atoms with van der Waals surface area (Å²) in [5, 5.41) is 11.3. The number of nitrogens with one attached hydrogen (secondary N) is 2. The van der Waals surface area contributed by atoms with Crippen molar-refractivity contribution in [3.8, 4) is 0 Å². The number of amides is 1. The van der Waals surface area contributed by atoms with E-state index >= 15 is 0 Å². The lowest BCUT2D eigenvalue weighted by Gasteiger charge is -2.22. The van der Waals surface area contributed by atoms with Gasteiger partial charge >= 0.3 is 18.2 Å². The number of aryl methyl sites for hydroxylation is 1. The third-order valence-electron chi connectivity index (χ3n) is 3.75. The third kappa shape index (κ3) is 9.16. The van der Waals surface area contributed by atoms with E-state index in [1.165, 1.54) is 18.2 Å². The number of benzene rings is 1. The fraction of sp³-hybridized carbons (Fsp3) is 0.556. The number of hydrogen-bond donors (Lipinski definition) is 3. The summed E-state index contributed by atoms with van der Waals surface area (Å²) in [6.07, 6.45) is -6.10. The highest BCUT2D eigenvalue weighted by Crippen LogP contribution is 2.32. The van der Waals surface area contributed by atoms with Gasteiger partial charge in [-0.25, -0.2) is 13.8 Å². The number of hydrogen-bond acceptors (Lipinski definition) is 5. The summed E-state index contributed by atoms with van der Waals surface area (Å²) >= 11 is 0. The fourth-order valence-electron chi connectivity index (χ4n) is 2.41. The van der Waals surface area contributed by atoms with Crippen molar-refractivity contribution in [2.45, 2.75) is 51.4 Å². The zero-order valence-corrected chi connectivity index (χ0v) is 17.2. The quantitative estimate of drug-likeness (QED) is 0.573. The van der Waals surface area contributed by atoms with Gasteiger partial charge < -0.3 is 15.2 Å². The maximum Gasteiger partial charge on any atom is 0.416 e. The Bertz CT molecular complexity index is 833. The summed E-state index contributed by atoms with van der Waals surface area (Å²) in [7, 11) is -3.36. The third-order valence-corrected chi connectivity index (χ3v) is 5.51. The molecule has 2 atom stereocenters. The first-order valence-electron chi connectivity index (χ1n) is 8.72. The lowest BCUT2D eigenvalue weighted by Crippen LogP contribution is -2.44. The van der Waals surface area contributed by atoms with Gasteiger partial charge in [0.1, 0.15) is 11.6 Å². The summed E-state index contributed by atoms with van der Waals surface area (Å²) < 4.78 is 64.3. The van der Waals surface area contributed by atoms with Crippen LogP contribution >= 0.6 is 0 Å². The molecule has 0 aliphatic heterocycles. The second-order valence-electron chi connectivity index (χ2n) is 7.45. The first kappa shape index (κ1) is 24.7. The zero-order valence-electron chi connectivity index (χ0n) is 16.3. The van der Waals surface area contributed by atoms with Gasteiger partial charge in [0.05, 0.1) is 5.56 Å². The van der Waals surface area contributed by atoms with Crippen LogP contribution in [0.15, 0.2) is 24.3 Å². The Hall–Kier alpha value is -2.30. The van der Waals surface area contributed by atoms with Gasteiger partial charge in [-0.05, 0) is 45.2 Å². The van der Waals surface area contributed by atoms with Gasteiger partial charge in [-0.2, -0.15) is 13.2 Å². The second kappa shape index (κ2) is 9.47. The molecule has 7 nitrogen and oxygen atoms in total. The standard InChI is InChI=1S/C18H25F3N2O5S/c1-17(2,3)28-16(26)23-14(15(24)25)9-11-29(22,27)10-8-12-6-4-5-7-13(12)18(19,20)21/h4-7,14,22H,8-11H2,1-3H3,(H,23,26)(H,24,25)/t14-,29-/m0/s1. The number of alkyl halides is 3. The summed E-state index contributed by atoms with van der Waals surface area (Å²) in [6.45, 7) is 4.78. The normalized spacial score (nSPS) is 15.2. The van der Waals surface area contributed by atoms with E-state index < -0.39 is 50.9 Å². The predicted octanol–water partition coefficient (Wildman–Crippen LogP) is 3.66. The van der Waals surface area contributed by atoms with Gasteiger partial charge in [0.2, 0.25) is 0 Å². The lowest BCUT2D eigenvalue weighted by atomic mass is 10.1. The molecule has 0 spiro atoms. The van der Waals surface area contributed by atoms with Crippen molar-refractivity contribution in [2.24, 2.45) is 0 Å². The van der Waals surface area contributed by atoms with E-state index in [1.807, 2.05) is 0 Å². The van der Waals surface area contributed by atoms with Crippen molar-refractivity contribution in [1.82, 2.24) is 5.32 Å². The van der Waals surface area contributed by atoms with Crippen molar-refractivity contribution in [2.75, 3.05) is 11.5 Å². The number of carboxylic acid groups (broad SMARTS) is 1. The molecule has 0 saturated heterocycles. The summed E-state index contributed by atoms with van der Waals surface area (Å²) in [5.74, 6) is -2.15. The van der Waals surface area contributed by atoms with E-state index in [0.717, 1.165) is 6.07 Å². The maximum atomic E-state index is 13.0. The molecule has 0 aromatic heterocycles. The largest absolute Gasteiger partial charge is 0.480 e. The van der Waals surface area contributed by atoms with E-state index in [-0.39, 0.29) is 24.2 Å². The molecule has 0 radical (unpaired) electrons. The van der Waals surface area contributed by atoms with Crippen LogP contribution in [0, 0.1) is 4.78 Å². The Labute approximate surface area is 167 Å². The number of aliphatic carboxylic acids is 1. The maximum absolute atomic E-state index is 13.0. The van der Waals surface area contributed by atoms with Gasteiger partial charge in [0.15, 0.2) is 0 Å². The smallest absolute Gasteiger partial charge is 0.416 e. The van der Waals surface area contributed by atoms with E-state index in [0.29, 0.717) is 0 Å². The molecule has 1 amide bonds.